The lowest BCUT2D eigenvalue weighted by Gasteiger charge is -2.27. The van der Waals surface area contributed by atoms with Crippen molar-refractivity contribution >= 4 is 5.97 Å². The number of ether oxygens (including phenoxy) is 5. The zero-order valence-corrected chi connectivity index (χ0v) is 17.7. The normalized spacial score (nSPS) is 22.1. The fraction of sp³-hybridized carbons (Fsp3) is 0.696. The molecule has 3 rings (SSSR count). The van der Waals surface area contributed by atoms with Crippen LogP contribution in [0.1, 0.15) is 77.2 Å². The van der Waals surface area contributed by atoms with Gasteiger partial charge in [-0.15, -0.1) is 0 Å². The van der Waals surface area contributed by atoms with Gasteiger partial charge in [-0.05, 0) is 44.6 Å². The molecule has 0 N–H and O–H groups in total. The number of carbonyl (C=O) groups excluding carboxylic acids is 1. The molecular formula is C23H34O6. The summed E-state index contributed by atoms with van der Waals surface area (Å²) < 4.78 is 29.3. The van der Waals surface area contributed by atoms with E-state index >= 15 is 0 Å². The number of unbranched alkanes of at least 4 members (excludes halogenated alkanes) is 2. The first-order chi connectivity index (χ1) is 14.2. The SMILES string of the molecule is CCCCCc1cc(OC2CCCCO2)cc(OC2CCCCO2)c1OC(C)=O. The molecule has 6 heteroatoms. The van der Waals surface area contributed by atoms with Crippen molar-refractivity contribution in [1.29, 1.82) is 0 Å². The minimum Gasteiger partial charge on any atom is -0.465 e. The highest BCUT2D eigenvalue weighted by atomic mass is 16.7. The van der Waals surface area contributed by atoms with E-state index in [0.717, 1.165) is 76.4 Å². The molecule has 0 bridgehead atoms. The van der Waals surface area contributed by atoms with Crippen molar-refractivity contribution in [2.45, 2.75) is 90.6 Å². The molecule has 2 aliphatic rings. The summed E-state index contributed by atoms with van der Waals surface area (Å²) in [6.45, 7) is 4.99. The molecule has 0 saturated carbocycles. The molecule has 6 nitrogen and oxygen atoms in total. The van der Waals surface area contributed by atoms with Crippen molar-refractivity contribution in [3.05, 3.63) is 17.7 Å². The third kappa shape index (κ3) is 6.89. The van der Waals surface area contributed by atoms with Gasteiger partial charge in [0.1, 0.15) is 5.75 Å². The zero-order valence-electron chi connectivity index (χ0n) is 17.7. The first kappa shape index (κ1) is 21.9. The second kappa shape index (κ2) is 11.4. The molecule has 2 atom stereocenters. The van der Waals surface area contributed by atoms with Crippen LogP contribution in [0, 0.1) is 0 Å². The standard InChI is InChI=1S/C23H34O6/c1-3-4-5-10-18-15-19(28-21-11-6-8-13-25-21)16-20(23(18)27-17(2)24)29-22-12-7-9-14-26-22/h15-16,21-22H,3-14H2,1-2H3. The summed E-state index contributed by atoms with van der Waals surface area (Å²) >= 11 is 0. The topological polar surface area (TPSA) is 63.2 Å². The van der Waals surface area contributed by atoms with Crippen LogP contribution in [-0.2, 0) is 20.7 Å². The van der Waals surface area contributed by atoms with Crippen LogP contribution in [0.4, 0.5) is 0 Å². The number of benzene rings is 1. The van der Waals surface area contributed by atoms with Crippen LogP contribution in [0.15, 0.2) is 12.1 Å². The Morgan fingerprint density at radius 2 is 1.69 bits per heavy atom. The highest BCUT2D eigenvalue weighted by Gasteiger charge is 2.23. The highest BCUT2D eigenvalue weighted by Crippen LogP contribution is 2.39. The number of esters is 1. The van der Waals surface area contributed by atoms with Gasteiger partial charge in [0.2, 0.25) is 0 Å². The van der Waals surface area contributed by atoms with E-state index in [9.17, 15) is 4.79 Å². The quantitative estimate of drug-likeness (QED) is 0.321. The minimum absolute atomic E-state index is 0.245. The van der Waals surface area contributed by atoms with E-state index in [1.165, 1.54) is 6.92 Å². The summed E-state index contributed by atoms with van der Waals surface area (Å²) in [7, 11) is 0. The van der Waals surface area contributed by atoms with Crippen molar-refractivity contribution in [3.8, 4) is 17.2 Å². The minimum atomic E-state index is -0.361. The van der Waals surface area contributed by atoms with Gasteiger partial charge in [-0.1, -0.05) is 19.8 Å². The molecule has 0 spiro atoms. The number of hydrogen-bond acceptors (Lipinski definition) is 6. The maximum Gasteiger partial charge on any atom is 0.308 e. The molecule has 162 valence electrons. The van der Waals surface area contributed by atoms with E-state index < -0.39 is 0 Å². The van der Waals surface area contributed by atoms with E-state index in [0.29, 0.717) is 23.9 Å². The maximum atomic E-state index is 11.8. The Hall–Kier alpha value is -1.79. The molecule has 0 aliphatic carbocycles. The van der Waals surface area contributed by atoms with E-state index in [-0.39, 0.29) is 18.5 Å². The van der Waals surface area contributed by atoms with Crippen LogP contribution in [-0.4, -0.2) is 31.8 Å². The summed E-state index contributed by atoms with van der Waals surface area (Å²) in [4.78, 5) is 11.8. The van der Waals surface area contributed by atoms with Crippen molar-refractivity contribution in [2.24, 2.45) is 0 Å². The number of aryl methyl sites for hydroxylation is 1. The van der Waals surface area contributed by atoms with Gasteiger partial charge >= 0.3 is 5.97 Å². The number of rotatable bonds is 9. The predicted octanol–water partition coefficient (Wildman–Crippen LogP) is 5.16. The average molecular weight is 407 g/mol. The molecule has 2 saturated heterocycles. The largest absolute Gasteiger partial charge is 0.465 e. The van der Waals surface area contributed by atoms with Crippen LogP contribution >= 0.6 is 0 Å². The van der Waals surface area contributed by atoms with Crippen molar-refractivity contribution < 1.29 is 28.5 Å². The summed E-state index contributed by atoms with van der Waals surface area (Å²) in [5.41, 5.74) is 0.924. The molecule has 2 fully saturated rings. The Kier molecular flexibility index (Phi) is 8.62. The van der Waals surface area contributed by atoms with Crippen LogP contribution in [0.2, 0.25) is 0 Å². The van der Waals surface area contributed by atoms with Crippen LogP contribution < -0.4 is 14.2 Å². The lowest BCUT2D eigenvalue weighted by Crippen LogP contribution is -2.26. The van der Waals surface area contributed by atoms with Gasteiger partial charge in [0.05, 0.1) is 13.2 Å². The first-order valence-electron chi connectivity index (χ1n) is 11.1. The molecule has 0 aromatic heterocycles. The molecule has 2 unspecified atom stereocenters. The molecular weight excluding hydrogens is 372 g/mol. The van der Waals surface area contributed by atoms with Gasteiger partial charge < -0.3 is 23.7 Å². The van der Waals surface area contributed by atoms with Gasteiger partial charge in [-0.2, -0.15) is 0 Å². The third-order valence-corrected chi connectivity index (χ3v) is 5.20. The first-order valence-corrected chi connectivity index (χ1v) is 11.1. The van der Waals surface area contributed by atoms with Crippen molar-refractivity contribution in [2.75, 3.05) is 13.2 Å². The Morgan fingerprint density at radius 3 is 2.28 bits per heavy atom. The van der Waals surface area contributed by atoms with Crippen LogP contribution in [0.25, 0.3) is 0 Å². The van der Waals surface area contributed by atoms with Crippen molar-refractivity contribution in [3.63, 3.8) is 0 Å². The fourth-order valence-corrected chi connectivity index (χ4v) is 3.70. The molecule has 2 aliphatic heterocycles. The molecule has 29 heavy (non-hydrogen) atoms. The maximum absolute atomic E-state index is 11.8. The van der Waals surface area contributed by atoms with Crippen LogP contribution in [0.3, 0.4) is 0 Å². The lowest BCUT2D eigenvalue weighted by atomic mass is 10.0. The van der Waals surface area contributed by atoms with Gasteiger partial charge in [0, 0.05) is 31.4 Å². The van der Waals surface area contributed by atoms with E-state index in [1.807, 2.05) is 6.07 Å². The summed E-state index contributed by atoms with van der Waals surface area (Å²) in [5.74, 6) is 1.32. The zero-order chi connectivity index (χ0) is 20.5. The van der Waals surface area contributed by atoms with E-state index in [1.54, 1.807) is 6.07 Å². The lowest BCUT2D eigenvalue weighted by molar-refractivity contribution is -0.133. The van der Waals surface area contributed by atoms with Gasteiger partial charge in [0.25, 0.3) is 0 Å². The second-order valence-electron chi connectivity index (χ2n) is 7.79. The molecule has 1 aromatic rings. The summed E-state index contributed by atoms with van der Waals surface area (Å²) in [5, 5.41) is 0. The monoisotopic (exact) mass is 406 g/mol. The summed E-state index contributed by atoms with van der Waals surface area (Å²) in [6.07, 6.45) is 9.42. The van der Waals surface area contributed by atoms with Crippen LogP contribution in [0.5, 0.6) is 17.2 Å². The Balaban J connectivity index is 1.87. The molecule has 0 amide bonds. The average Bonchev–Trinajstić information content (AvgIpc) is 2.72. The fourth-order valence-electron chi connectivity index (χ4n) is 3.70. The Labute approximate surface area is 173 Å². The molecule has 0 radical (unpaired) electrons. The van der Waals surface area contributed by atoms with E-state index in [4.69, 9.17) is 23.7 Å². The number of carbonyl (C=O) groups is 1. The van der Waals surface area contributed by atoms with Gasteiger partial charge in [-0.25, -0.2) is 0 Å². The highest BCUT2D eigenvalue weighted by molar-refractivity contribution is 5.71. The Bertz CT molecular complexity index is 647. The second-order valence-corrected chi connectivity index (χ2v) is 7.79. The molecule has 2 heterocycles. The van der Waals surface area contributed by atoms with Gasteiger partial charge in [0.15, 0.2) is 24.1 Å². The number of hydrogen-bond donors (Lipinski definition) is 0. The van der Waals surface area contributed by atoms with Gasteiger partial charge in [-0.3, -0.25) is 4.79 Å². The predicted molar refractivity (Wildman–Crippen MR) is 109 cm³/mol. The molecule has 1 aromatic carbocycles. The third-order valence-electron chi connectivity index (χ3n) is 5.20. The summed E-state index contributed by atoms with van der Waals surface area (Å²) in [6, 6.07) is 3.76. The smallest absolute Gasteiger partial charge is 0.308 e. The van der Waals surface area contributed by atoms with E-state index in [2.05, 4.69) is 6.92 Å². The Morgan fingerprint density at radius 1 is 1.00 bits per heavy atom. The van der Waals surface area contributed by atoms with Crippen molar-refractivity contribution in [1.82, 2.24) is 0 Å².